The Balaban J connectivity index is 2.04. The molecular weight excluding hydrogens is 578 g/mol. The van der Waals surface area contributed by atoms with Crippen molar-refractivity contribution in [2.45, 2.75) is 24.9 Å². The summed E-state index contributed by atoms with van der Waals surface area (Å²) in [6, 6.07) is 0. The summed E-state index contributed by atoms with van der Waals surface area (Å²) in [6.45, 7) is -0.878. The molecular formula is C9H16IN3O13P3-. The molecule has 0 aliphatic carbocycles. The van der Waals surface area contributed by atoms with Crippen LogP contribution in [0.15, 0.2) is 11.0 Å². The van der Waals surface area contributed by atoms with Gasteiger partial charge in [-0.1, -0.05) is 0 Å². The van der Waals surface area contributed by atoms with E-state index in [4.69, 9.17) is 25.7 Å². The number of halogens is 1. The molecule has 1 aliphatic heterocycles. The number of rotatable bonds is 9. The van der Waals surface area contributed by atoms with E-state index in [2.05, 4.69) is 18.1 Å². The molecule has 168 valence electrons. The van der Waals surface area contributed by atoms with Gasteiger partial charge in [-0.05, 0) is 0 Å². The molecule has 0 spiro atoms. The monoisotopic (exact) mass is 595 g/mol. The third-order valence-corrected chi connectivity index (χ3v) is 7.90. The molecule has 1 aromatic rings. The van der Waals surface area contributed by atoms with Crippen LogP contribution in [-0.2, 0) is 31.6 Å². The zero-order valence-corrected chi connectivity index (χ0v) is 18.8. The van der Waals surface area contributed by atoms with E-state index in [0.29, 0.717) is 3.57 Å². The van der Waals surface area contributed by atoms with Gasteiger partial charge >= 0.3 is 161 Å². The number of phosphoric ester groups is 1. The number of hydrogen-bond donors (Lipinski definition) is 6. The van der Waals surface area contributed by atoms with E-state index in [1.165, 1.54) is 6.20 Å². The number of aliphatic hydroxyl groups excluding tert-OH is 1. The van der Waals surface area contributed by atoms with Gasteiger partial charge in [0, 0.05) is 0 Å². The molecule has 0 amide bonds. The van der Waals surface area contributed by atoms with Crippen molar-refractivity contribution in [1.29, 1.82) is 0.594 Å². The summed E-state index contributed by atoms with van der Waals surface area (Å²) in [6.07, 6.45) is -2.62. The first kappa shape index (κ1) is 23.4. The van der Waals surface area contributed by atoms with Crippen molar-refractivity contribution in [1.82, 2.24) is 9.55 Å². The van der Waals surface area contributed by atoms with Crippen LogP contribution in [0.3, 0.4) is 0 Å². The molecule has 7 N–H and O–H groups in total. The molecule has 0 radical (unpaired) electrons. The summed E-state index contributed by atoms with van der Waals surface area (Å²) in [5, 5.41) is 10.0. The minimum atomic E-state index is -5.68. The van der Waals surface area contributed by atoms with Gasteiger partial charge in [-0.25, -0.2) is 4.57 Å². The second-order valence-corrected chi connectivity index (χ2v) is 11.1. The van der Waals surface area contributed by atoms with Crippen LogP contribution in [0.5, 0.6) is 0 Å². The maximum absolute atomic E-state index is 12.0. The predicted molar refractivity (Wildman–Crippen MR) is 87.4 cm³/mol. The minimum absolute atomic E-state index is 0.0956. The number of aliphatic hydroxyl groups is 1. The first-order chi connectivity index (χ1) is 13.6. The van der Waals surface area contributed by atoms with Crippen LogP contribution in [0.25, 0.3) is 0 Å². The molecule has 5 atom stereocenters. The molecule has 0 bridgehead atoms. The van der Waals surface area contributed by atoms with E-state index >= 15 is 0 Å². The summed E-state index contributed by atoms with van der Waals surface area (Å²) in [5.74, 6) is -0.0956. The number of anilines is 1. The zero-order valence-electron chi connectivity index (χ0n) is 14.9. The fourth-order valence-electron chi connectivity index (χ4n) is 2.17. The van der Waals surface area contributed by atoms with Crippen LogP contribution in [-0.4, -0.2) is 53.6 Å². The van der Waals surface area contributed by atoms with Crippen molar-refractivity contribution in [3.63, 3.8) is 0 Å². The van der Waals surface area contributed by atoms with E-state index < -0.39 is 76.6 Å². The van der Waals surface area contributed by atoms with Crippen LogP contribution in [0.1, 0.15) is 12.6 Å². The van der Waals surface area contributed by atoms with Crippen molar-refractivity contribution < 1.29 is 78.6 Å². The van der Waals surface area contributed by atoms with Crippen LogP contribution in [0.4, 0.5) is 5.82 Å². The van der Waals surface area contributed by atoms with Crippen molar-refractivity contribution in [3.8, 4) is 0 Å². The van der Waals surface area contributed by atoms with Crippen LogP contribution in [0, 0.1) is 3.57 Å². The number of hydrogen-bond acceptors (Lipinski definition) is 11. The second kappa shape index (κ2) is 9.08. The van der Waals surface area contributed by atoms with Gasteiger partial charge in [0.05, 0.1) is 0 Å². The third-order valence-electron chi connectivity index (χ3n) is 3.27. The van der Waals surface area contributed by atoms with Gasteiger partial charge in [0.15, 0.2) is 0 Å². The Morgan fingerprint density at radius 1 is 1.31 bits per heavy atom. The van der Waals surface area contributed by atoms with Crippen molar-refractivity contribution in [2.75, 3.05) is 12.3 Å². The molecule has 0 aromatic carbocycles. The van der Waals surface area contributed by atoms with E-state index in [1.54, 1.807) is 0 Å². The number of ether oxygens (including phenoxy) is 1. The Bertz CT molecular complexity index is 986. The van der Waals surface area contributed by atoms with Crippen molar-refractivity contribution in [2.24, 2.45) is 0 Å². The summed E-state index contributed by atoms with van der Waals surface area (Å²) >= 11 is -1.27. The summed E-state index contributed by atoms with van der Waals surface area (Å²) < 4.78 is 59.2. The van der Waals surface area contributed by atoms with Crippen molar-refractivity contribution in [3.05, 3.63) is 20.3 Å². The maximum atomic E-state index is 12.0. The Labute approximate surface area is 175 Å². The van der Waals surface area contributed by atoms with Gasteiger partial charge in [0.2, 0.25) is 0 Å². The van der Waals surface area contributed by atoms with E-state index in [-0.39, 0.29) is 12.2 Å². The zero-order chi connectivity index (χ0) is 22.9. The number of phosphoric acid groups is 3. The molecule has 0 saturated carbocycles. The molecule has 2 rings (SSSR count). The number of nitrogens with two attached hydrogens (primary N) is 1. The molecule has 1 aliphatic rings. The first-order valence-corrected chi connectivity index (χ1v) is 12.8. The molecule has 2 unspecified atom stereocenters. The van der Waals surface area contributed by atoms with Crippen LogP contribution in [0.2, 0.25) is 0 Å². The molecule has 2 heterocycles. The second-order valence-electron chi connectivity index (χ2n) is 5.48. The number of nitrogens with zero attached hydrogens (tertiary/aromatic N) is 2. The normalized spacial score (nSPS) is 27.3. The molecule has 1 saturated heterocycles. The molecule has 16 nitrogen and oxygen atoms in total. The third kappa shape index (κ3) is 7.43. The predicted octanol–water partition coefficient (Wildman–Crippen LogP) is -4.73. The summed E-state index contributed by atoms with van der Waals surface area (Å²) in [5.41, 5.74) is 4.72. The number of aromatic nitrogens is 2. The standard InChI is InChI=1S/C9H16IN3O13P3/c10-4-2-13(9(15)12-8(4)11)7-1-5(14)6(24-7)3-23-28(19,20)26-29(21,22)25-27(16,17)18/h2,5-7,10,14H,1,3H2,(H,19,20)(H,21,22)(H2,11,12,15)(H2,16,17,18)/q-1/t5-,6+,7+/m0/s1/i10D. The van der Waals surface area contributed by atoms with Gasteiger partial charge in [0.25, 0.3) is 0 Å². The van der Waals surface area contributed by atoms with Gasteiger partial charge in [-0.2, -0.15) is 0 Å². The van der Waals surface area contributed by atoms with Gasteiger partial charge < -0.3 is 9.79 Å². The van der Waals surface area contributed by atoms with Crippen LogP contribution >= 0.6 is 23.5 Å². The molecule has 29 heavy (non-hydrogen) atoms. The summed E-state index contributed by atoms with van der Waals surface area (Å²) in [4.78, 5) is 51.0. The van der Waals surface area contributed by atoms with E-state index in [0.717, 1.165) is 4.57 Å². The fraction of sp³-hybridized carbons (Fsp3) is 0.556. The van der Waals surface area contributed by atoms with Crippen molar-refractivity contribution >= 4 is 29.3 Å². The topological polar surface area (TPSA) is 250 Å². The Kier molecular flexibility index (Phi) is 7.33. The van der Waals surface area contributed by atoms with Gasteiger partial charge in [-0.15, -0.1) is 0 Å². The average molecular weight is 595 g/mol. The Hall–Kier alpha value is -0.260. The Morgan fingerprint density at radius 2 is 1.97 bits per heavy atom. The SMILES string of the molecule is [2H][I-]c1cn([C@H]2C[C@H](O)[C@@H](COP(=O)(O)OP(=O)(O)OP(=O)(O)O)O2)c(=O)nc1N. The average Bonchev–Trinajstić information content (AvgIpc) is 2.90. The molecule has 1 aromatic heterocycles. The van der Waals surface area contributed by atoms with Crippen LogP contribution < -0.4 is 33.8 Å². The molecule has 1 fully saturated rings. The van der Waals surface area contributed by atoms with Gasteiger partial charge in [0.1, 0.15) is 0 Å². The quantitative estimate of drug-likeness (QED) is 0.116. The Morgan fingerprint density at radius 3 is 2.55 bits per heavy atom. The molecule has 20 heteroatoms. The fourth-order valence-corrected chi connectivity index (χ4v) is 5.62. The van der Waals surface area contributed by atoms with E-state index in [9.17, 15) is 28.5 Å². The first-order valence-electron chi connectivity index (χ1n) is 7.62. The number of nitrogen functional groups attached to an aromatic ring is 1. The van der Waals surface area contributed by atoms with E-state index in [1.807, 2.05) is 0 Å². The summed E-state index contributed by atoms with van der Waals surface area (Å²) in [7, 11) is -16.6. The van der Waals surface area contributed by atoms with Gasteiger partial charge in [-0.3, -0.25) is 0 Å².